The summed E-state index contributed by atoms with van der Waals surface area (Å²) in [6.07, 6.45) is 4.23. The largest absolute Gasteiger partial charge is 0.266 e. The molecule has 15 heavy (non-hydrogen) atoms. The average molecular weight is 249 g/mol. The minimum atomic E-state index is -3.42. The van der Waals surface area contributed by atoms with Crippen LogP contribution in [0.4, 0.5) is 0 Å². The van der Waals surface area contributed by atoms with E-state index < -0.39 is 10.0 Å². The molecule has 0 aromatic carbocycles. The molecule has 1 aromatic heterocycles. The van der Waals surface area contributed by atoms with E-state index in [1.54, 1.807) is 11.8 Å². The third-order valence-electron chi connectivity index (χ3n) is 1.88. The van der Waals surface area contributed by atoms with E-state index in [9.17, 15) is 8.42 Å². The zero-order valence-corrected chi connectivity index (χ0v) is 10.4. The van der Waals surface area contributed by atoms with Crippen molar-refractivity contribution in [1.29, 1.82) is 0 Å². The first kappa shape index (κ1) is 12.5. The monoisotopic (exact) mass is 249 g/mol. The highest BCUT2D eigenvalue weighted by Crippen LogP contribution is 2.06. The summed E-state index contributed by atoms with van der Waals surface area (Å²) in [5.74, 6) is 0.937. The Hall–Kier alpha value is -0.530. The lowest BCUT2D eigenvalue weighted by Gasteiger charge is -2.12. The van der Waals surface area contributed by atoms with Crippen molar-refractivity contribution in [3.8, 4) is 0 Å². The number of hydrogen-bond acceptors (Lipinski definition) is 4. The fourth-order valence-electron chi connectivity index (χ4n) is 1.07. The molecule has 0 radical (unpaired) electrons. The maximum absolute atomic E-state index is 11.7. The molecule has 0 aliphatic rings. The van der Waals surface area contributed by atoms with Gasteiger partial charge in [-0.25, -0.2) is 13.1 Å². The maximum Gasteiger partial charge on any atom is 0.257 e. The summed E-state index contributed by atoms with van der Waals surface area (Å²) in [7, 11) is -3.42. The third kappa shape index (κ3) is 3.84. The standard InChI is InChI=1S/C8H15N3O2S2/c1-7(4-6-14-2)11-15(12,13)8-3-5-9-10-8/h3,5,7,11H,4,6H2,1-2H3,(H,9,10). The molecular weight excluding hydrogens is 234 g/mol. The Morgan fingerprint density at radius 2 is 2.40 bits per heavy atom. The third-order valence-corrected chi connectivity index (χ3v) is 4.04. The van der Waals surface area contributed by atoms with Gasteiger partial charge < -0.3 is 0 Å². The lowest BCUT2D eigenvalue weighted by atomic mass is 10.3. The van der Waals surface area contributed by atoms with Crippen molar-refractivity contribution in [3.63, 3.8) is 0 Å². The Kier molecular flexibility index (Phi) is 4.62. The minimum absolute atomic E-state index is 0.0641. The van der Waals surface area contributed by atoms with Gasteiger partial charge in [0.15, 0.2) is 5.03 Å². The predicted molar refractivity (Wildman–Crippen MR) is 61.4 cm³/mol. The number of H-pyrrole nitrogens is 1. The molecule has 0 bridgehead atoms. The summed E-state index contributed by atoms with van der Waals surface area (Å²) in [6.45, 7) is 1.85. The summed E-state index contributed by atoms with van der Waals surface area (Å²) < 4.78 is 25.9. The molecule has 7 heteroatoms. The highest BCUT2D eigenvalue weighted by Gasteiger charge is 2.17. The zero-order valence-electron chi connectivity index (χ0n) is 8.73. The number of sulfonamides is 1. The summed E-state index contributed by atoms with van der Waals surface area (Å²) in [4.78, 5) is 0. The molecule has 0 fully saturated rings. The summed E-state index contributed by atoms with van der Waals surface area (Å²) >= 11 is 1.70. The van der Waals surface area contributed by atoms with E-state index >= 15 is 0 Å². The van der Waals surface area contributed by atoms with E-state index in [0.29, 0.717) is 0 Å². The van der Waals surface area contributed by atoms with Gasteiger partial charge in [-0.15, -0.1) is 0 Å². The molecule has 86 valence electrons. The molecule has 0 amide bonds. The topological polar surface area (TPSA) is 74.8 Å². The lowest BCUT2D eigenvalue weighted by Crippen LogP contribution is -2.33. The van der Waals surface area contributed by atoms with Gasteiger partial charge in [-0.3, -0.25) is 5.10 Å². The van der Waals surface area contributed by atoms with Gasteiger partial charge >= 0.3 is 0 Å². The quantitative estimate of drug-likeness (QED) is 0.783. The van der Waals surface area contributed by atoms with E-state index in [2.05, 4.69) is 14.9 Å². The zero-order chi connectivity index (χ0) is 11.3. The number of nitrogens with zero attached hydrogens (tertiary/aromatic N) is 1. The van der Waals surface area contributed by atoms with Crippen molar-refractivity contribution in [2.24, 2.45) is 0 Å². The van der Waals surface area contributed by atoms with Crippen LogP contribution in [0.2, 0.25) is 0 Å². The smallest absolute Gasteiger partial charge is 0.257 e. The minimum Gasteiger partial charge on any atom is -0.266 e. The van der Waals surface area contributed by atoms with Gasteiger partial charge in [-0.05, 0) is 31.4 Å². The molecular formula is C8H15N3O2S2. The normalized spacial score (nSPS) is 14.0. The van der Waals surface area contributed by atoms with Crippen LogP contribution in [0.25, 0.3) is 0 Å². The van der Waals surface area contributed by atoms with Gasteiger partial charge in [-0.1, -0.05) is 0 Å². The summed E-state index contributed by atoms with van der Waals surface area (Å²) in [5, 5.41) is 6.15. The average Bonchev–Trinajstić information content (AvgIpc) is 2.67. The van der Waals surface area contributed by atoms with Crippen LogP contribution < -0.4 is 4.72 Å². The Labute approximate surface area is 94.1 Å². The molecule has 1 aromatic rings. The van der Waals surface area contributed by atoms with Crippen LogP contribution in [0.3, 0.4) is 0 Å². The molecule has 1 atom stereocenters. The Morgan fingerprint density at radius 1 is 1.67 bits per heavy atom. The van der Waals surface area contributed by atoms with Gasteiger partial charge in [0, 0.05) is 6.04 Å². The van der Waals surface area contributed by atoms with Crippen LogP contribution >= 0.6 is 11.8 Å². The Balaban J connectivity index is 2.57. The molecule has 0 spiro atoms. The Bertz CT molecular complexity index is 375. The molecule has 0 aliphatic heterocycles. The van der Waals surface area contributed by atoms with E-state index in [0.717, 1.165) is 12.2 Å². The SMILES string of the molecule is CSCCC(C)NS(=O)(=O)c1ccn[nH]1. The van der Waals surface area contributed by atoms with Crippen LogP contribution in [0, 0.1) is 0 Å². The van der Waals surface area contributed by atoms with Crippen molar-refractivity contribution < 1.29 is 8.42 Å². The first-order valence-corrected chi connectivity index (χ1v) is 7.44. The van der Waals surface area contributed by atoms with Crippen LogP contribution in [0.5, 0.6) is 0 Å². The van der Waals surface area contributed by atoms with Crippen molar-refractivity contribution in [3.05, 3.63) is 12.3 Å². The van der Waals surface area contributed by atoms with Crippen LogP contribution in [-0.2, 0) is 10.0 Å². The number of aromatic amines is 1. The predicted octanol–water partition coefficient (Wildman–Crippen LogP) is 0.830. The van der Waals surface area contributed by atoms with Crippen LogP contribution in [0.1, 0.15) is 13.3 Å². The van der Waals surface area contributed by atoms with Gasteiger partial charge in [-0.2, -0.15) is 16.9 Å². The lowest BCUT2D eigenvalue weighted by molar-refractivity contribution is 0.553. The van der Waals surface area contributed by atoms with Gasteiger partial charge in [0.05, 0.1) is 6.20 Å². The maximum atomic E-state index is 11.7. The van der Waals surface area contributed by atoms with Crippen LogP contribution in [-0.4, -0.2) is 36.7 Å². The number of aromatic nitrogens is 2. The second-order valence-electron chi connectivity index (χ2n) is 3.22. The first-order chi connectivity index (χ1) is 7.06. The number of thioether (sulfide) groups is 1. The molecule has 0 saturated carbocycles. The van der Waals surface area contributed by atoms with Gasteiger partial charge in [0.2, 0.25) is 0 Å². The summed E-state index contributed by atoms with van der Waals surface area (Å²) in [6, 6.07) is 1.37. The molecule has 1 rings (SSSR count). The van der Waals surface area contributed by atoms with Crippen molar-refractivity contribution in [2.45, 2.75) is 24.4 Å². The number of rotatable bonds is 6. The van der Waals surface area contributed by atoms with Gasteiger partial charge in [0.1, 0.15) is 0 Å². The van der Waals surface area contributed by atoms with Gasteiger partial charge in [0.25, 0.3) is 10.0 Å². The molecule has 1 unspecified atom stereocenters. The fourth-order valence-corrected chi connectivity index (χ4v) is 2.85. The molecule has 0 aliphatic carbocycles. The summed E-state index contributed by atoms with van der Waals surface area (Å²) in [5.41, 5.74) is 0. The Morgan fingerprint density at radius 3 is 2.93 bits per heavy atom. The van der Waals surface area contributed by atoms with E-state index in [-0.39, 0.29) is 11.1 Å². The van der Waals surface area contributed by atoms with E-state index in [1.165, 1.54) is 12.3 Å². The second-order valence-corrected chi connectivity index (χ2v) is 5.89. The van der Waals surface area contributed by atoms with Crippen molar-refractivity contribution >= 4 is 21.8 Å². The highest BCUT2D eigenvalue weighted by molar-refractivity contribution is 7.98. The first-order valence-electron chi connectivity index (χ1n) is 4.57. The second kappa shape index (κ2) is 5.53. The van der Waals surface area contributed by atoms with Crippen molar-refractivity contribution in [1.82, 2.24) is 14.9 Å². The number of hydrogen-bond donors (Lipinski definition) is 2. The number of nitrogens with one attached hydrogen (secondary N) is 2. The van der Waals surface area contributed by atoms with E-state index in [4.69, 9.17) is 0 Å². The molecule has 0 saturated heterocycles. The molecule has 5 nitrogen and oxygen atoms in total. The van der Waals surface area contributed by atoms with Crippen LogP contribution in [0.15, 0.2) is 17.3 Å². The highest BCUT2D eigenvalue weighted by atomic mass is 32.2. The molecule has 1 heterocycles. The van der Waals surface area contributed by atoms with E-state index in [1.807, 2.05) is 13.2 Å². The fraction of sp³-hybridized carbons (Fsp3) is 0.625. The molecule has 2 N–H and O–H groups in total. The van der Waals surface area contributed by atoms with Crippen molar-refractivity contribution in [2.75, 3.05) is 12.0 Å².